The van der Waals surface area contributed by atoms with Crippen LogP contribution in [0.3, 0.4) is 0 Å². The molecular formula is C26H26F3N7O2. The largest absolute Gasteiger partial charge is 0.391 e. The van der Waals surface area contributed by atoms with Crippen LogP contribution in [0.1, 0.15) is 12.5 Å². The Bertz CT molecular complexity index is 1470. The van der Waals surface area contributed by atoms with Crippen LogP contribution in [0.2, 0.25) is 0 Å². The molecule has 2 fully saturated rings. The van der Waals surface area contributed by atoms with E-state index in [0.29, 0.717) is 30.2 Å². The number of benzene rings is 1. The highest BCUT2D eigenvalue weighted by Gasteiger charge is 2.41. The number of nitrogens with two attached hydrogens (primary N) is 1. The zero-order valence-electron chi connectivity index (χ0n) is 20.5. The summed E-state index contributed by atoms with van der Waals surface area (Å²) in [5.41, 5.74) is 5.85. The van der Waals surface area contributed by atoms with Gasteiger partial charge in [-0.25, -0.2) is 18.2 Å². The average Bonchev–Trinajstić information content (AvgIpc) is 3.27. The van der Waals surface area contributed by atoms with Crippen LogP contribution in [-0.2, 0) is 10.4 Å². The van der Waals surface area contributed by atoms with Gasteiger partial charge in [0.1, 0.15) is 11.6 Å². The quantitative estimate of drug-likeness (QED) is 0.364. The first kappa shape index (κ1) is 24.6. The van der Waals surface area contributed by atoms with Crippen molar-refractivity contribution in [3.05, 3.63) is 66.1 Å². The molecule has 2 saturated heterocycles. The molecule has 0 radical (unpaired) electrons. The molecular weight excluding hydrogens is 499 g/mol. The van der Waals surface area contributed by atoms with E-state index < -0.39 is 29.4 Å². The third-order valence-electron chi connectivity index (χ3n) is 7.21. The van der Waals surface area contributed by atoms with Gasteiger partial charge in [-0.05, 0) is 35.9 Å². The molecule has 3 atom stereocenters. The second-order valence-electron chi connectivity index (χ2n) is 9.96. The standard InChI is InChI=1S/C26H26F3N7O2/c1-14-10-35(11-19(30)24(14)37)22-4-5-31-9-21(22)33-25-32-8-16-2-3-20(34-36(16)25)23-17(27)6-15(7-18(23)28)26(29)12-38-13-26/h2-9,14,19,24,37H,10-13,30H2,1H3,(H,32,33)/t14-,19+,24+/m0/s1. The number of aliphatic hydroxyl groups is 1. The molecule has 38 heavy (non-hydrogen) atoms. The van der Waals surface area contributed by atoms with Crippen LogP contribution >= 0.6 is 0 Å². The fourth-order valence-corrected chi connectivity index (χ4v) is 5.02. The summed E-state index contributed by atoms with van der Waals surface area (Å²) >= 11 is 0. The predicted octanol–water partition coefficient (Wildman–Crippen LogP) is 3.15. The fourth-order valence-electron chi connectivity index (χ4n) is 5.02. The maximum atomic E-state index is 15.0. The minimum atomic E-state index is -1.89. The molecule has 0 bridgehead atoms. The molecule has 6 rings (SSSR count). The Kier molecular flexibility index (Phi) is 5.97. The van der Waals surface area contributed by atoms with Crippen LogP contribution in [0, 0.1) is 17.6 Å². The van der Waals surface area contributed by atoms with Gasteiger partial charge in [0.15, 0.2) is 5.67 Å². The van der Waals surface area contributed by atoms with Gasteiger partial charge in [-0.1, -0.05) is 6.92 Å². The highest BCUT2D eigenvalue weighted by Crippen LogP contribution is 2.37. The van der Waals surface area contributed by atoms with Gasteiger partial charge in [-0.2, -0.15) is 9.61 Å². The monoisotopic (exact) mass is 525 g/mol. The normalized spacial score (nSPS) is 22.9. The van der Waals surface area contributed by atoms with Crippen LogP contribution in [0.5, 0.6) is 0 Å². The maximum Gasteiger partial charge on any atom is 0.229 e. The number of pyridine rings is 1. The SMILES string of the molecule is C[C@H]1CN(c2ccncc2Nc2ncc3ccc(-c4c(F)cc(C5(F)COC5)cc4F)nn23)C[C@@H](N)[C@@H]1O. The number of hydrogen-bond acceptors (Lipinski definition) is 8. The highest BCUT2D eigenvalue weighted by molar-refractivity contribution is 5.74. The molecule has 198 valence electrons. The number of nitrogens with one attached hydrogen (secondary N) is 1. The number of halogens is 3. The fraction of sp³-hybridized carbons (Fsp3) is 0.346. The van der Waals surface area contributed by atoms with Crippen molar-refractivity contribution < 1.29 is 23.0 Å². The molecule has 12 heteroatoms. The number of anilines is 3. The van der Waals surface area contributed by atoms with Gasteiger partial charge in [-0.3, -0.25) is 4.98 Å². The summed E-state index contributed by atoms with van der Waals surface area (Å²) in [7, 11) is 0. The van der Waals surface area contributed by atoms with Crippen molar-refractivity contribution in [1.82, 2.24) is 19.6 Å². The van der Waals surface area contributed by atoms with Gasteiger partial charge in [0.2, 0.25) is 5.95 Å². The Morgan fingerprint density at radius 2 is 1.89 bits per heavy atom. The molecule has 4 aromatic rings. The summed E-state index contributed by atoms with van der Waals surface area (Å²) in [5.74, 6) is -1.57. The van der Waals surface area contributed by atoms with Crippen molar-refractivity contribution in [3.8, 4) is 11.3 Å². The second-order valence-corrected chi connectivity index (χ2v) is 9.96. The van der Waals surface area contributed by atoms with Gasteiger partial charge in [0.05, 0.1) is 59.9 Å². The van der Waals surface area contributed by atoms with Gasteiger partial charge in [0, 0.05) is 31.2 Å². The summed E-state index contributed by atoms with van der Waals surface area (Å²) in [5, 5.41) is 17.9. The summed E-state index contributed by atoms with van der Waals surface area (Å²) < 4.78 is 51.1. The van der Waals surface area contributed by atoms with Crippen LogP contribution in [0.15, 0.2) is 48.9 Å². The first-order valence-electron chi connectivity index (χ1n) is 12.2. The van der Waals surface area contributed by atoms with E-state index >= 15 is 8.78 Å². The van der Waals surface area contributed by atoms with Crippen molar-refractivity contribution in [2.75, 3.05) is 36.5 Å². The molecule has 0 saturated carbocycles. The number of alkyl halides is 1. The molecule has 3 aromatic heterocycles. The molecule has 0 spiro atoms. The Morgan fingerprint density at radius 3 is 2.58 bits per heavy atom. The average molecular weight is 526 g/mol. The second kappa shape index (κ2) is 9.22. The number of imidazole rings is 1. The minimum Gasteiger partial charge on any atom is -0.391 e. The van der Waals surface area contributed by atoms with E-state index in [-0.39, 0.29) is 36.0 Å². The predicted molar refractivity (Wildman–Crippen MR) is 135 cm³/mol. The Morgan fingerprint density at radius 1 is 1.13 bits per heavy atom. The first-order valence-corrected chi connectivity index (χ1v) is 12.2. The number of rotatable bonds is 5. The molecule has 4 N–H and O–H groups in total. The molecule has 2 aliphatic rings. The van der Waals surface area contributed by atoms with E-state index in [4.69, 9.17) is 10.5 Å². The molecule has 9 nitrogen and oxygen atoms in total. The summed E-state index contributed by atoms with van der Waals surface area (Å²) in [4.78, 5) is 10.7. The molecule has 1 aromatic carbocycles. The number of aromatic nitrogens is 4. The van der Waals surface area contributed by atoms with Crippen molar-refractivity contribution in [2.24, 2.45) is 11.7 Å². The van der Waals surface area contributed by atoms with E-state index in [9.17, 15) is 9.50 Å². The number of ether oxygens (including phenoxy) is 1. The van der Waals surface area contributed by atoms with Gasteiger partial charge >= 0.3 is 0 Å². The zero-order chi connectivity index (χ0) is 26.6. The Balaban J connectivity index is 1.34. The van der Waals surface area contributed by atoms with E-state index in [1.165, 1.54) is 10.6 Å². The summed E-state index contributed by atoms with van der Waals surface area (Å²) in [6, 6.07) is 6.53. The molecule has 5 heterocycles. The zero-order valence-corrected chi connectivity index (χ0v) is 20.5. The number of piperidine rings is 1. The maximum absolute atomic E-state index is 15.0. The van der Waals surface area contributed by atoms with Crippen molar-refractivity contribution in [1.29, 1.82) is 0 Å². The lowest BCUT2D eigenvalue weighted by molar-refractivity contribution is -0.135. The van der Waals surface area contributed by atoms with E-state index in [1.807, 2.05) is 13.0 Å². The van der Waals surface area contributed by atoms with E-state index in [2.05, 4.69) is 25.3 Å². The topological polar surface area (TPSA) is 114 Å². The smallest absolute Gasteiger partial charge is 0.229 e. The Hall–Kier alpha value is -3.74. The first-order chi connectivity index (χ1) is 18.2. The molecule has 0 aliphatic carbocycles. The number of fused-ring (bicyclic) bond motifs is 1. The highest BCUT2D eigenvalue weighted by atomic mass is 19.1. The summed E-state index contributed by atoms with van der Waals surface area (Å²) in [6.45, 7) is 2.52. The van der Waals surface area contributed by atoms with Gasteiger partial charge in [-0.15, -0.1) is 0 Å². The lowest BCUT2D eigenvalue weighted by atomic mass is 9.92. The van der Waals surface area contributed by atoms with Crippen LogP contribution in [0.25, 0.3) is 16.8 Å². The van der Waals surface area contributed by atoms with Crippen molar-refractivity contribution in [3.63, 3.8) is 0 Å². The van der Waals surface area contributed by atoms with Crippen LogP contribution in [0.4, 0.5) is 30.5 Å². The van der Waals surface area contributed by atoms with Crippen LogP contribution in [-0.4, -0.2) is 63.1 Å². The minimum absolute atomic E-state index is 0.0223. The van der Waals surface area contributed by atoms with Crippen LogP contribution < -0.4 is 16.0 Å². The van der Waals surface area contributed by atoms with Crippen molar-refractivity contribution >= 4 is 22.8 Å². The number of hydrogen-bond donors (Lipinski definition) is 3. The lowest BCUT2D eigenvalue weighted by Gasteiger charge is -2.40. The van der Waals surface area contributed by atoms with Crippen molar-refractivity contribution in [2.45, 2.75) is 24.7 Å². The number of aliphatic hydroxyl groups excluding tert-OH is 1. The lowest BCUT2D eigenvalue weighted by Crippen LogP contribution is -2.55. The van der Waals surface area contributed by atoms with Gasteiger partial charge in [0.25, 0.3) is 0 Å². The van der Waals surface area contributed by atoms with Gasteiger partial charge < -0.3 is 25.8 Å². The summed E-state index contributed by atoms with van der Waals surface area (Å²) in [6.07, 6.45) is 4.28. The Labute approximate surface area is 216 Å². The molecule has 2 aliphatic heterocycles. The third-order valence-corrected chi connectivity index (χ3v) is 7.21. The number of nitrogens with zero attached hydrogens (tertiary/aromatic N) is 5. The van der Waals surface area contributed by atoms with E-state index in [1.54, 1.807) is 24.7 Å². The molecule has 0 amide bonds. The third kappa shape index (κ3) is 4.14. The van der Waals surface area contributed by atoms with E-state index in [0.717, 1.165) is 17.8 Å². The molecule has 0 unspecified atom stereocenters.